The van der Waals surface area contributed by atoms with Crippen LogP contribution < -0.4 is 0 Å². The molecule has 5 heteroatoms. The monoisotopic (exact) mass is 254 g/mol. The molecule has 0 aromatic carbocycles. The number of carbonyl (C=O) groups is 1. The molecule has 1 amide bonds. The first-order valence-corrected chi connectivity index (χ1v) is 6.05. The van der Waals surface area contributed by atoms with Gasteiger partial charge in [-0.05, 0) is 25.5 Å². The summed E-state index contributed by atoms with van der Waals surface area (Å²) in [5.41, 5.74) is 0.365. The number of hydrogen-bond acceptors (Lipinski definition) is 3. The summed E-state index contributed by atoms with van der Waals surface area (Å²) in [4.78, 5) is 17.8. The van der Waals surface area contributed by atoms with E-state index in [1.54, 1.807) is 30.0 Å². The van der Waals surface area contributed by atoms with Gasteiger partial charge in [-0.2, -0.15) is 0 Å². The molecular weight excluding hydrogens is 240 g/mol. The van der Waals surface area contributed by atoms with Crippen LogP contribution in [0.4, 0.5) is 0 Å². The van der Waals surface area contributed by atoms with Crippen molar-refractivity contribution in [1.82, 2.24) is 9.88 Å². The van der Waals surface area contributed by atoms with Crippen LogP contribution in [0.2, 0.25) is 5.15 Å². The Hall–Kier alpha value is -1.13. The average Bonchev–Trinajstić information content (AvgIpc) is 2.77. The molecule has 1 fully saturated rings. The van der Waals surface area contributed by atoms with E-state index in [9.17, 15) is 9.90 Å². The van der Waals surface area contributed by atoms with Gasteiger partial charge in [-0.25, -0.2) is 4.98 Å². The van der Waals surface area contributed by atoms with Gasteiger partial charge in [0.1, 0.15) is 10.8 Å². The summed E-state index contributed by atoms with van der Waals surface area (Å²) in [5, 5.41) is 9.81. The highest BCUT2D eigenvalue weighted by atomic mass is 35.5. The van der Waals surface area contributed by atoms with E-state index < -0.39 is 0 Å². The quantitative estimate of drug-likeness (QED) is 0.816. The zero-order chi connectivity index (χ0) is 12.4. The zero-order valence-corrected chi connectivity index (χ0v) is 10.4. The number of pyridine rings is 1. The number of carbonyl (C=O) groups excluding carboxylic acids is 1. The highest BCUT2D eigenvalue weighted by Gasteiger charge is 2.30. The smallest absolute Gasteiger partial charge is 0.272 e. The summed E-state index contributed by atoms with van der Waals surface area (Å²) in [7, 11) is 0. The molecule has 4 nitrogen and oxygen atoms in total. The predicted octanol–water partition coefficient (Wildman–Crippen LogP) is 1.58. The molecule has 2 heterocycles. The van der Waals surface area contributed by atoms with E-state index >= 15 is 0 Å². The molecule has 2 unspecified atom stereocenters. The SMILES string of the molecule is CC(O)C1CCN(C(=O)c2cccc(Cl)n2)C1. The van der Waals surface area contributed by atoms with E-state index in [1.807, 2.05) is 0 Å². The van der Waals surface area contributed by atoms with Crippen LogP contribution in [0.1, 0.15) is 23.8 Å². The van der Waals surface area contributed by atoms with Crippen molar-refractivity contribution in [2.45, 2.75) is 19.4 Å². The number of hydrogen-bond donors (Lipinski definition) is 1. The Kier molecular flexibility index (Phi) is 3.64. The van der Waals surface area contributed by atoms with Crippen LogP contribution in [0, 0.1) is 5.92 Å². The second kappa shape index (κ2) is 5.02. The highest BCUT2D eigenvalue weighted by Crippen LogP contribution is 2.21. The number of aliphatic hydroxyl groups excluding tert-OH is 1. The molecule has 1 N–H and O–H groups in total. The zero-order valence-electron chi connectivity index (χ0n) is 9.64. The maximum Gasteiger partial charge on any atom is 0.272 e. The van der Waals surface area contributed by atoms with Crippen molar-refractivity contribution in [2.24, 2.45) is 5.92 Å². The Morgan fingerprint density at radius 3 is 3.00 bits per heavy atom. The van der Waals surface area contributed by atoms with E-state index in [-0.39, 0.29) is 17.9 Å². The standard InChI is InChI=1S/C12H15ClN2O2/c1-8(16)9-5-6-15(7-9)12(17)10-3-2-4-11(13)14-10/h2-4,8-9,16H,5-7H2,1H3. The van der Waals surface area contributed by atoms with Crippen molar-refractivity contribution < 1.29 is 9.90 Å². The number of aromatic nitrogens is 1. The predicted molar refractivity (Wildman–Crippen MR) is 64.9 cm³/mol. The van der Waals surface area contributed by atoms with Gasteiger partial charge >= 0.3 is 0 Å². The van der Waals surface area contributed by atoms with Crippen LogP contribution in [-0.2, 0) is 0 Å². The molecule has 2 atom stereocenters. The molecule has 2 rings (SSSR count). The fourth-order valence-electron chi connectivity index (χ4n) is 2.05. The van der Waals surface area contributed by atoms with Gasteiger partial charge in [0.2, 0.25) is 0 Å². The van der Waals surface area contributed by atoms with Crippen molar-refractivity contribution in [2.75, 3.05) is 13.1 Å². The topological polar surface area (TPSA) is 53.4 Å². The maximum atomic E-state index is 12.1. The second-order valence-corrected chi connectivity index (χ2v) is 4.77. The number of likely N-dealkylation sites (tertiary alicyclic amines) is 1. The Morgan fingerprint density at radius 2 is 2.41 bits per heavy atom. The molecule has 0 radical (unpaired) electrons. The van der Waals surface area contributed by atoms with Crippen molar-refractivity contribution in [3.8, 4) is 0 Å². The molecule has 92 valence electrons. The van der Waals surface area contributed by atoms with Crippen LogP contribution in [-0.4, -0.2) is 40.1 Å². The average molecular weight is 255 g/mol. The second-order valence-electron chi connectivity index (χ2n) is 4.39. The minimum Gasteiger partial charge on any atom is -0.393 e. The van der Waals surface area contributed by atoms with Crippen LogP contribution in [0.15, 0.2) is 18.2 Å². The van der Waals surface area contributed by atoms with Gasteiger partial charge in [0, 0.05) is 19.0 Å². The van der Waals surface area contributed by atoms with Crippen LogP contribution in [0.25, 0.3) is 0 Å². The van der Waals surface area contributed by atoms with E-state index in [1.165, 1.54) is 0 Å². The van der Waals surface area contributed by atoms with Gasteiger partial charge < -0.3 is 10.0 Å². The lowest BCUT2D eigenvalue weighted by Gasteiger charge is -2.17. The van der Waals surface area contributed by atoms with Crippen LogP contribution >= 0.6 is 11.6 Å². The molecule has 0 bridgehead atoms. The fraction of sp³-hybridized carbons (Fsp3) is 0.500. The number of halogens is 1. The van der Waals surface area contributed by atoms with Crippen molar-refractivity contribution >= 4 is 17.5 Å². The number of aliphatic hydroxyl groups is 1. The summed E-state index contributed by atoms with van der Waals surface area (Å²) >= 11 is 5.75. The Morgan fingerprint density at radius 1 is 1.65 bits per heavy atom. The largest absolute Gasteiger partial charge is 0.393 e. The summed E-state index contributed by atoms with van der Waals surface area (Å²) in [5.74, 6) is 0.0498. The first-order valence-electron chi connectivity index (χ1n) is 5.68. The maximum absolute atomic E-state index is 12.1. The molecule has 1 aromatic heterocycles. The molecule has 17 heavy (non-hydrogen) atoms. The molecule has 1 aromatic rings. The third kappa shape index (κ3) is 2.76. The van der Waals surface area contributed by atoms with Gasteiger partial charge in [-0.3, -0.25) is 4.79 Å². The summed E-state index contributed by atoms with van der Waals surface area (Å²) in [6.45, 7) is 3.02. The Balaban J connectivity index is 2.07. The lowest BCUT2D eigenvalue weighted by atomic mass is 10.0. The molecular formula is C12H15ClN2O2. The van der Waals surface area contributed by atoms with E-state index in [0.29, 0.717) is 23.9 Å². The molecule has 1 saturated heterocycles. The first-order chi connectivity index (χ1) is 8.08. The Labute approximate surface area is 105 Å². The van der Waals surface area contributed by atoms with Crippen LogP contribution in [0.3, 0.4) is 0 Å². The normalized spacial score (nSPS) is 21.6. The first kappa shape index (κ1) is 12.3. The summed E-state index contributed by atoms with van der Waals surface area (Å²) in [6, 6.07) is 5.01. The van der Waals surface area contributed by atoms with Crippen molar-refractivity contribution in [1.29, 1.82) is 0 Å². The molecule has 1 aliphatic heterocycles. The van der Waals surface area contributed by atoms with Crippen molar-refractivity contribution in [3.05, 3.63) is 29.0 Å². The van der Waals surface area contributed by atoms with Gasteiger partial charge in [0.05, 0.1) is 6.10 Å². The van der Waals surface area contributed by atoms with E-state index in [0.717, 1.165) is 6.42 Å². The Bertz CT molecular complexity index is 423. The van der Waals surface area contributed by atoms with Gasteiger partial charge in [0.15, 0.2) is 0 Å². The number of nitrogens with zero attached hydrogens (tertiary/aromatic N) is 2. The minimum atomic E-state index is -0.375. The fourth-order valence-corrected chi connectivity index (χ4v) is 2.22. The number of amides is 1. The van der Waals surface area contributed by atoms with E-state index in [2.05, 4.69) is 4.98 Å². The molecule has 0 saturated carbocycles. The van der Waals surface area contributed by atoms with Gasteiger partial charge in [-0.15, -0.1) is 0 Å². The summed E-state index contributed by atoms with van der Waals surface area (Å²) < 4.78 is 0. The number of rotatable bonds is 2. The van der Waals surface area contributed by atoms with Gasteiger partial charge in [0.25, 0.3) is 5.91 Å². The molecule has 0 aliphatic carbocycles. The summed E-state index contributed by atoms with van der Waals surface area (Å²) in [6.07, 6.45) is 0.462. The highest BCUT2D eigenvalue weighted by molar-refractivity contribution is 6.29. The van der Waals surface area contributed by atoms with Crippen molar-refractivity contribution in [3.63, 3.8) is 0 Å². The van der Waals surface area contributed by atoms with Gasteiger partial charge in [-0.1, -0.05) is 17.7 Å². The molecule has 0 spiro atoms. The minimum absolute atomic E-state index is 0.115. The van der Waals surface area contributed by atoms with E-state index in [4.69, 9.17) is 11.6 Å². The lowest BCUT2D eigenvalue weighted by Crippen LogP contribution is -2.31. The third-order valence-corrected chi connectivity index (χ3v) is 3.34. The molecule has 1 aliphatic rings. The lowest BCUT2D eigenvalue weighted by molar-refractivity contribution is 0.0757. The third-order valence-electron chi connectivity index (χ3n) is 3.13. The van der Waals surface area contributed by atoms with Crippen LogP contribution in [0.5, 0.6) is 0 Å².